The van der Waals surface area contributed by atoms with Crippen molar-refractivity contribution in [3.8, 4) is 17.1 Å². The van der Waals surface area contributed by atoms with Gasteiger partial charge in [-0.15, -0.1) is 10.2 Å². The lowest BCUT2D eigenvalue weighted by atomic mass is 10.2. The van der Waals surface area contributed by atoms with Crippen molar-refractivity contribution in [3.63, 3.8) is 0 Å². The van der Waals surface area contributed by atoms with Crippen molar-refractivity contribution < 1.29 is 4.79 Å². The molecule has 2 aromatic carbocycles. The fraction of sp³-hybridized carbons (Fsp3) is 0.0909. The number of nitrogens with one attached hydrogen (secondary N) is 1. The molecule has 0 unspecified atom stereocenters. The summed E-state index contributed by atoms with van der Waals surface area (Å²) in [7, 11) is 0. The van der Waals surface area contributed by atoms with Crippen molar-refractivity contribution in [3.05, 3.63) is 84.1 Å². The van der Waals surface area contributed by atoms with Crippen molar-refractivity contribution in [2.24, 2.45) is 0 Å². The van der Waals surface area contributed by atoms with Crippen molar-refractivity contribution >= 4 is 35.0 Å². The number of nitrogens with zero attached hydrogens (tertiary/aromatic N) is 4. The van der Waals surface area contributed by atoms with Crippen LogP contribution in [0, 0.1) is 0 Å². The summed E-state index contributed by atoms with van der Waals surface area (Å²) in [5, 5.41) is 12.4. The number of carbonyl (C=O) groups is 1. The molecular weight excluding hydrogens is 418 g/mol. The topological polar surface area (TPSA) is 72.7 Å². The summed E-state index contributed by atoms with van der Waals surface area (Å²) in [4.78, 5) is 16.9. The summed E-state index contributed by atoms with van der Waals surface area (Å²) in [5.74, 6) is 0.512. The van der Waals surface area contributed by atoms with Crippen LogP contribution in [0.15, 0.2) is 84.3 Å². The number of halogens is 1. The van der Waals surface area contributed by atoms with Crippen LogP contribution in [-0.4, -0.2) is 30.9 Å². The van der Waals surface area contributed by atoms with Crippen LogP contribution in [0.5, 0.6) is 0 Å². The Balaban J connectivity index is 1.66. The molecule has 0 aliphatic rings. The average molecular weight is 436 g/mol. The first-order valence-electron chi connectivity index (χ1n) is 9.26. The SMILES string of the molecule is C[C@H](Sc1nnc(-c2cccnc2)n1-c1cccc(Cl)c1)C(=O)Nc1ccccc1. The van der Waals surface area contributed by atoms with Crippen molar-refractivity contribution in [1.82, 2.24) is 19.7 Å². The molecule has 1 N–H and O–H groups in total. The lowest BCUT2D eigenvalue weighted by Gasteiger charge is -2.14. The molecule has 2 heterocycles. The fourth-order valence-corrected chi connectivity index (χ4v) is 3.91. The van der Waals surface area contributed by atoms with E-state index in [9.17, 15) is 4.79 Å². The van der Waals surface area contributed by atoms with Crippen molar-refractivity contribution in [1.29, 1.82) is 0 Å². The Bertz CT molecular complexity index is 1150. The number of amides is 1. The van der Waals surface area contributed by atoms with Crippen LogP contribution in [0.25, 0.3) is 17.1 Å². The monoisotopic (exact) mass is 435 g/mol. The average Bonchev–Trinajstić information content (AvgIpc) is 3.18. The number of carbonyl (C=O) groups excluding carboxylic acids is 1. The van der Waals surface area contributed by atoms with E-state index >= 15 is 0 Å². The first-order valence-corrected chi connectivity index (χ1v) is 10.5. The Labute approximate surface area is 183 Å². The summed E-state index contributed by atoms with van der Waals surface area (Å²) < 4.78 is 1.89. The maximum atomic E-state index is 12.7. The van der Waals surface area contributed by atoms with Crippen molar-refractivity contribution in [2.75, 3.05) is 5.32 Å². The molecule has 0 spiro atoms. The second-order valence-corrected chi connectivity index (χ2v) is 8.22. The van der Waals surface area contributed by atoms with Crippen LogP contribution in [-0.2, 0) is 4.79 Å². The zero-order valence-electron chi connectivity index (χ0n) is 16.1. The highest BCUT2D eigenvalue weighted by Crippen LogP contribution is 2.31. The highest BCUT2D eigenvalue weighted by atomic mass is 35.5. The quantitative estimate of drug-likeness (QED) is 0.426. The molecule has 2 aromatic heterocycles. The smallest absolute Gasteiger partial charge is 0.237 e. The van der Waals surface area contributed by atoms with Crippen LogP contribution in [0.1, 0.15) is 6.92 Å². The summed E-state index contributed by atoms with van der Waals surface area (Å²) in [6.07, 6.45) is 3.43. The van der Waals surface area contributed by atoms with Gasteiger partial charge in [0.2, 0.25) is 5.91 Å². The highest BCUT2D eigenvalue weighted by Gasteiger charge is 2.22. The van der Waals surface area contributed by atoms with Gasteiger partial charge in [0.15, 0.2) is 11.0 Å². The fourth-order valence-electron chi connectivity index (χ4n) is 2.85. The molecule has 1 amide bonds. The van der Waals surface area contributed by atoms with E-state index < -0.39 is 5.25 Å². The third kappa shape index (κ3) is 4.53. The van der Waals surface area contributed by atoms with Gasteiger partial charge in [0.1, 0.15) is 0 Å². The van der Waals surface area contributed by atoms with Crippen LogP contribution in [0.4, 0.5) is 5.69 Å². The number of hydrogen-bond acceptors (Lipinski definition) is 5. The molecule has 6 nitrogen and oxygen atoms in total. The lowest BCUT2D eigenvalue weighted by molar-refractivity contribution is -0.115. The van der Waals surface area contributed by atoms with E-state index in [1.807, 2.05) is 78.2 Å². The van der Waals surface area contributed by atoms with Gasteiger partial charge in [-0.05, 0) is 49.4 Å². The van der Waals surface area contributed by atoms with E-state index in [-0.39, 0.29) is 5.91 Å². The van der Waals surface area contributed by atoms with E-state index in [1.165, 1.54) is 11.8 Å². The van der Waals surface area contributed by atoms with Gasteiger partial charge in [0.05, 0.1) is 10.9 Å². The molecule has 8 heteroatoms. The molecule has 0 saturated carbocycles. The van der Waals surface area contributed by atoms with Gasteiger partial charge in [0, 0.05) is 28.7 Å². The van der Waals surface area contributed by atoms with Crippen LogP contribution in [0.2, 0.25) is 5.02 Å². The predicted molar refractivity (Wildman–Crippen MR) is 120 cm³/mol. The Morgan fingerprint density at radius 1 is 1.07 bits per heavy atom. The van der Waals surface area contributed by atoms with Crippen LogP contribution < -0.4 is 5.32 Å². The van der Waals surface area contributed by atoms with Gasteiger partial charge in [-0.2, -0.15) is 0 Å². The number of benzene rings is 2. The third-order valence-corrected chi connectivity index (χ3v) is 5.59. The van der Waals surface area contributed by atoms with E-state index in [0.29, 0.717) is 16.0 Å². The summed E-state index contributed by atoms with van der Waals surface area (Å²) in [6.45, 7) is 1.84. The second-order valence-electron chi connectivity index (χ2n) is 6.48. The number of aromatic nitrogens is 4. The number of pyridine rings is 1. The number of rotatable bonds is 6. The Morgan fingerprint density at radius 2 is 1.90 bits per heavy atom. The highest BCUT2D eigenvalue weighted by molar-refractivity contribution is 8.00. The minimum atomic E-state index is -0.394. The molecule has 4 rings (SSSR count). The zero-order chi connectivity index (χ0) is 20.9. The van der Waals surface area contributed by atoms with Crippen molar-refractivity contribution in [2.45, 2.75) is 17.3 Å². The van der Waals surface area contributed by atoms with Crippen LogP contribution >= 0.6 is 23.4 Å². The maximum Gasteiger partial charge on any atom is 0.237 e. The lowest BCUT2D eigenvalue weighted by Crippen LogP contribution is -2.22. The van der Waals surface area contributed by atoms with E-state index in [1.54, 1.807) is 12.4 Å². The predicted octanol–water partition coefficient (Wildman–Crippen LogP) is 5.10. The maximum absolute atomic E-state index is 12.7. The number of thioether (sulfide) groups is 1. The molecule has 150 valence electrons. The molecule has 0 radical (unpaired) electrons. The minimum absolute atomic E-state index is 0.116. The number of para-hydroxylation sites is 1. The zero-order valence-corrected chi connectivity index (χ0v) is 17.6. The molecule has 0 saturated heterocycles. The summed E-state index contributed by atoms with van der Waals surface area (Å²) in [5.41, 5.74) is 2.38. The van der Waals surface area contributed by atoms with E-state index in [2.05, 4.69) is 20.5 Å². The molecule has 4 aromatic rings. The summed E-state index contributed by atoms with van der Waals surface area (Å²) >= 11 is 7.55. The molecule has 1 atom stereocenters. The number of anilines is 1. The Kier molecular flexibility index (Phi) is 6.11. The molecule has 0 bridgehead atoms. The Hall–Kier alpha value is -3.16. The van der Waals surface area contributed by atoms with Gasteiger partial charge in [-0.25, -0.2) is 0 Å². The molecular formula is C22H18ClN5OS. The van der Waals surface area contributed by atoms with Gasteiger partial charge >= 0.3 is 0 Å². The standard InChI is InChI=1S/C22H18ClN5OS/c1-15(21(29)25-18-9-3-2-4-10-18)30-22-27-26-20(16-7-6-12-24-14-16)28(22)19-11-5-8-17(23)13-19/h2-15H,1H3,(H,25,29)/t15-/m0/s1. The Morgan fingerprint density at radius 3 is 2.63 bits per heavy atom. The van der Waals surface area contributed by atoms with E-state index in [0.717, 1.165) is 16.9 Å². The second kappa shape index (κ2) is 9.11. The first-order chi connectivity index (χ1) is 14.6. The molecule has 0 aliphatic carbocycles. The third-order valence-electron chi connectivity index (χ3n) is 4.31. The van der Waals surface area contributed by atoms with Crippen LogP contribution in [0.3, 0.4) is 0 Å². The van der Waals surface area contributed by atoms with E-state index in [4.69, 9.17) is 11.6 Å². The number of hydrogen-bond donors (Lipinski definition) is 1. The van der Waals surface area contributed by atoms with Gasteiger partial charge in [-0.3, -0.25) is 14.3 Å². The molecule has 0 aliphatic heterocycles. The normalized spacial score (nSPS) is 11.8. The van der Waals surface area contributed by atoms with Gasteiger partial charge in [-0.1, -0.05) is 47.6 Å². The molecule has 0 fully saturated rings. The largest absolute Gasteiger partial charge is 0.325 e. The summed E-state index contributed by atoms with van der Waals surface area (Å²) in [6, 6.07) is 20.6. The van der Waals surface area contributed by atoms with Gasteiger partial charge < -0.3 is 5.32 Å². The minimum Gasteiger partial charge on any atom is -0.325 e. The molecule has 30 heavy (non-hydrogen) atoms. The van der Waals surface area contributed by atoms with Gasteiger partial charge in [0.25, 0.3) is 0 Å². The first kappa shape index (κ1) is 20.1.